The monoisotopic (exact) mass is 568 g/mol. The summed E-state index contributed by atoms with van der Waals surface area (Å²) in [5.74, 6) is -1.71. The van der Waals surface area contributed by atoms with Crippen molar-refractivity contribution < 1.29 is 19.2 Å². The predicted molar refractivity (Wildman–Crippen MR) is 155 cm³/mol. The zero-order valence-corrected chi connectivity index (χ0v) is 22.6. The van der Waals surface area contributed by atoms with Crippen molar-refractivity contribution in [2.75, 3.05) is 39.3 Å². The highest BCUT2D eigenvalue weighted by molar-refractivity contribution is 6.25. The Balaban J connectivity index is 0.924. The first-order chi connectivity index (χ1) is 20.3. The summed E-state index contributed by atoms with van der Waals surface area (Å²) < 4.78 is 0. The summed E-state index contributed by atoms with van der Waals surface area (Å²) in [6, 6.07) is 12.5. The quantitative estimate of drug-likeness (QED) is 0.155. The van der Waals surface area contributed by atoms with Gasteiger partial charge in [0.15, 0.2) is 0 Å². The summed E-state index contributed by atoms with van der Waals surface area (Å²) in [5.41, 5.74) is 1.42. The molecule has 6 rings (SSSR count). The molecule has 0 unspecified atom stereocenters. The number of H-pyrrole nitrogens is 2. The number of aromatic amines is 2. The molecule has 0 saturated heterocycles. The largest absolute Gasteiger partial charge is 0.322 e. The van der Waals surface area contributed by atoms with Crippen molar-refractivity contribution in [1.29, 1.82) is 0 Å². The van der Waals surface area contributed by atoms with E-state index in [0.29, 0.717) is 59.1 Å². The van der Waals surface area contributed by atoms with E-state index < -0.39 is 22.9 Å². The molecule has 0 saturated carbocycles. The number of amides is 4. The fourth-order valence-corrected chi connectivity index (χ4v) is 5.64. The maximum atomic E-state index is 13.0. The zero-order chi connectivity index (χ0) is 29.4. The van der Waals surface area contributed by atoms with Crippen LogP contribution in [0, 0.1) is 0 Å². The van der Waals surface area contributed by atoms with Crippen LogP contribution in [0.4, 0.5) is 0 Å². The van der Waals surface area contributed by atoms with Crippen LogP contribution in [-0.4, -0.2) is 82.7 Å². The maximum Gasteiger partial charge on any atom is 0.261 e. The average Bonchev–Trinajstić information content (AvgIpc) is 2.97. The first kappa shape index (κ1) is 27.2. The van der Waals surface area contributed by atoms with Crippen LogP contribution in [0.5, 0.6) is 0 Å². The summed E-state index contributed by atoms with van der Waals surface area (Å²) in [6.07, 6.45) is 1.65. The number of imide groups is 2. The summed E-state index contributed by atoms with van der Waals surface area (Å²) in [7, 11) is 0. The minimum atomic E-state index is -0.474. The summed E-state index contributed by atoms with van der Waals surface area (Å²) in [5, 5.41) is 7.45. The van der Waals surface area contributed by atoms with Crippen LogP contribution in [0.1, 0.15) is 54.3 Å². The molecular weight excluding hydrogens is 540 g/mol. The number of carbonyl (C=O) groups excluding carboxylic acids is 4. The van der Waals surface area contributed by atoms with Crippen LogP contribution in [0.2, 0.25) is 0 Å². The molecule has 2 aliphatic rings. The van der Waals surface area contributed by atoms with Gasteiger partial charge in [-0.05, 0) is 50.2 Å². The van der Waals surface area contributed by atoms with Gasteiger partial charge in [-0.2, -0.15) is 0 Å². The number of nitrogens with zero attached hydrogens (tertiary/aromatic N) is 2. The Kier molecular flexibility index (Phi) is 7.23. The van der Waals surface area contributed by atoms with Gasteiger partial charge < -0.3 is 20.6 Å². The van der Waals surface area contributed by atoms with Crippen molar-refractivity contribution in [3.8, 4) is 0 Å². The Hall–Kier alpha value is -4.94. The van der Waals surface area contributed by atoms with Gasteiger partial charge in [0, 0.05) is 60.1 Å². The third-order valence-corrected chi connectivity index (χ3v) is 7.62. The van der Waals surface area contributed by atoms with Gasteiger partial charge in [-0.1, -0.05) is 12.1 Å². The molecule has 0 atom stereocenters. The minimum absolute atomic E-state index is 0.180. The molecule has 4 N–H and O–H groups in total. The van der Waals surface area contributed by atoms with E-state index in [0.717, 1.165) is 12.8 Å². The van der Waals surface area contributed by atoms with Gasteiger partial charge in [0.05, 0.1) is 22.3 Å². The third kappa shape index (κ3) is 4.80. The van der Waals surface area contributed by atoms with Crippen molar-refractivity contribution in [1.82, 2.24) is 30.4 Å². The normalized spacial score (nSPS) is 14.5. The van der Waals surface area contributed by atoms with Gasteiger partial charge in [0.2, 0.25) is 11.1 Å². The van der Waals surface area contributed by atoms with Crippen LogP contribution >= 0.6 is 0 Å². The molecule has 2 aromatic carbocycles. The molecule has 2 aliphatic heterocycles. The fourth-order valence-electron chi connectivity index (χ4n) is 5.64. The van der Waals surface area contributed by atoms with Crippen molar-refractivity contribution >= 4 is 45.4 Å². The van der Waals surface area contributed by atoms with E-state index in [9.17, 15) is 28.8 Å². The highest BCUT2D eigenvalue weighted by atomic mass is 16.2. The maximum absolute atomic E-state index is 13.0. The standard InChI is InChI=1S/C30H28N6O6/c37-23-15-19-25-17(5-3-7-21(25)33-23)27(39)35(29(19)41)13-11-31-9-1-2-10-32-12-14-36-28(40)18-6-4-8-22-26(18)20(30(36)42)16-24(38)34-22/h3-8,15-16,31-32H,1-2,9-14H2,(H,33,37)(H,34,38). The molecular formula is C30H28N6O6. The number of benzene rings is 2. The molecule has 214 valence electrons. The van der Waals surface area contributed by atoms with E-state index in [4.69, 9.17) is 0 Å². The Morgan fingerprint density at radius 2 is 0.929 bits per heavy atom. The number of nitrogens with one attached hydrogen (secondary N) is 4. The fraction of sp³-hybridized carbons (Fsp3) is 0.267. The molecule has 2 aromatic heterocycles. The number of rotatable bonds is 11. The molecule has 0 bridgehead atoms. The number of carbonyl (C=O) groups is 4. The highest BCUT2D eigenvalue weighted by Crippen LogP contribution is 2.28. The number of pyridine rings is 2. The first-order valence-electron chi connectivity index (χ1n) is 13.8. The lowest BCUT2D eigenvalue weighted by Gasteiger charge is -2.27. The van der Waals surface area contributed by atoms with Gasteiger partial charge in [-0.15, -0.1) is 0 Å². The number of aromatic nitrogens is 2. The van der Waals surface area contributed by atoms with Crippen molar-refractivity contribution in [3.05, 3.63) is 91.5 Å². The molecule has 0 aliphatic carbocycles. The van der Waals surface area contributed by atoms with Crippen LogP contribution < -0.4 is 21.8 Å². The predicted octanol–water partition coefficient (Wildman–Crippen LogP) is 1.22. The molecule has 0 radical (unpaired) electrons. The van der Waals surface area contributed by atoms with Crippen molar-refractivity contribution in [3.63, 3.8) is 0 Å². The summed E-state index contributed by atoms with van der Waals surface area (Å²) in [6.45, 7) is 2.52. The summed E-state index contributed by atoms with van der Waals surface area (Å²) in [4.78, 5) is 83.5. The van der Waals surface area contributed by atoms with Gasteiger partial charge in [-0.25, -0.2) is 0 Å². The Morgan fingerprint density at radius 3 is 1.36 bits per heavy atom. The van der Waals surface area contributed by atoms with Crippen LogP contribution in [0.15, 0.2) is 58.1 Å². The number of unbranched alkanes of at least 4 members (excludes halogenated alkanes) is 1. The minimum Gasteiger partial charge on any atom is -0.322 e. The first-order valence-corrected chi connectivity index (χ1v) is 13.8. The highest BCUT2D eigenvalue weighted by Gasteiger charge is 2.34. The molecule has 42 heavy (non-hydrogen) atoms. The van der Waals surface area contributed by atoms with Crippen molar-refractivity contribution in [2.24, 2.45) is 0 Å². The molecule has 4 amide bonds. The lowest BCUT2D eigenvalue weighted by Crippen LogP contribution is -2.44. The van der Waals surface area contributed by atoms with E-state index in [-0.39, 0.29) is 36.0 Å². The Bertz CT molecular complexity index is 1760. The third-order valence-electron chi connectivity index (χ3n) is 7.62. The smallest absolute Gasteiger partial charge is 0.261 e. The second kappa shape index (κ2) is 11.1. The molecule has 0 fully saturated rings. The van der Waals surface area contributed by atoms with Crippen LogP contribution in [-0.2, 0) is 0 Å². The van der Waals surface area contributed by atoms with E-state index in [1.54, 1.807) is 36.4 Å². The van der Waals surface area contributed by atoms with Crippen LogP contribution in [0.3, 0.4) is 0 Å². The zero-order valence-electron chi connectivity index (χ0n) is 22.6. The van der Waals surface area contributed by atoms with Gasteiger partial charge in [0.1, 0.15) is 0 Å². The van der Waals surface area contributed by atoms with E-state index in [1.165, 1.54) is 21.9 Å². The second-order valence-corrected chi connectivity index (χ2v) is 10.3. The molecule has 4 aromatic rings. The Morgan fingerprint density at radius 1 is 0.524 bits per heavy atom. The van der Waals surface area contributed by atoms with Crippen LogP contribution in [0.25, 0.3) is 21.8 Å². The average molecular weight is 569 g/mol. The van der Waals surface area contributed by atoms with E-state index >= 15 is 0 Å². The van der Waals surface area contributed by atoms with Gasteiger partial charge >= 0.3 is 0 Å². The topological polar surface area (TPSA) is 165 Å². The lowest BCUT2D eigenvalue weighted by atomic mass is 9.97. The second-order valence-electron chi connectivity index (χ2n) is 10.3. The van der Waals surface area contributed by atoms with Gasteiger partial charge in [-0.3, -0.25) is 38.6 Å². The van der Waals surface area contributed by atoms with Gasteiger partial charge in [0.25, 0.3) is 23.6 Å². The molecule has 0 spiro atoms. The number of hydrogen-bond acceptors (Lipinski definition) is 8. The summed E-state index contributed by atoms with van der Waals surface area (Å²) >= 11 is 0. The van der Waals surface area contributed by atoms with E-state index in [1.807, 2.05) is 0 Å². The molecule has 12 heteroatoms. The Labute approximate surface area is 238 Å². The number of hydrogen-bond donors (Lipinski definition) is 4. The van der Waals surface area contributed by atoms with Crippen molar-refractivity contribution in [2.45, 2.75) is 12.8 Å². The SMILES string of the molecule is O=C1c2cccc3[nH]c(=O)cc(c23)C(=O)N1CCNCCCCNCCN1C(=O)c2cccc3[nH]c(=O)cc(c23)C1=O. The molecule has 12 nitrogen and oxygen atoms in total. The lowest BCUT2D eigenvalue weighted by molar-refractivity contribution is 0.0596. The van der Waals surface area contributed by atoms with E-state index in [2.05, 4.69) is 20.6 Å². The molecule has 4 heterocycles.